The van der Waals surface area contributed by atoms with Crippen LogP contribution in [-0.2, 0) is 6.42 Å². The minimum Gasteiger partial charge on any atom is -0.490 e. The molecule has 2 atom stereocenters. The summed E-state index contributed by atoms with van der Waals surface area (Å²) in [6.45, 7) is 2.02. The molecule has 0 radical (unpaired) electrons. The van der Waals surface area contributed by atoms with Gasteiger partial charge in [0.2, 0.25) is 0 Å². The van der Waals surface area contributed by atoms with Crippen LogP contribution in [-0.4, -0.2) is 11.2 Å². The molecule has 19 heavy (non-hydrogen) atoms. The van der Waals surface area contributed by atoms with Gasteiger partial charge in [-0.15, -0.1) is 0 Å². The van der Waals surface area contributed by atoms with E-state index in [1.54, 1.807) is 12.1 Å². The second kappa shape index (κ2) is 4.67. The summed E-state index contributed by atoms with van der Waals surface area (Å²) in [5, 5.41) is 10.3. The van der Waals surface area contributed by atoms with Gasteiger partial charge < -0.3 is 9.84 Å². The van der Waals surface area contributed by atoms with E-state index >= 15 is 0 Å². The van der Waals surface area contributed by atoms with Gasteiger partial charge in [0, 0.05) is 6.42 Å². The quantitative estimate of drug-likeness (QED) is 0.896. The molecule has 0 saturated carbocycles. The van der Waals surface area contributed by atoms with E-state index in [-0.39, 0.29) is 11.9 Å². The molecule has 0 aromatic heterocycles. The van der Waals surface area contributed by atoms with Gasteiger partial charge in [-0.1, -0.05) is 18.2 Å². The third kappa shape index (κ3) is 2.34. The lowest BCUT2D eigenvalue weighted by molar-refractivity contribution is 0.220. The van der Waals surface area contributed by atoms with Crippen molar-refractivity contribution >= 4 is 0 Å². The predicted molar refractivity (Wildman–Crippen MR) is 70.7 cm³/mol. The van der Waals surface area contributed by atoms with Gasteiger partial charge in [-0.3, -0.25) is 0 Å². The van der Waals surface area contributed by atoms with Crippen molar-refractivity contribution in [3.8, 4) is 5.75 Å². The van der Waals surface area contributed by atoms with E-state index in [2.05, 4.69) is 0 Å². The summed E-state index contributed by atoms with van der Waals surface area (Å²) in [6, 6.07) is 11.6. The van der Waals surface area contributed by atoms with Crippen LogP contribution >= 0.6 is 0 Å². The van der Waals surface area contributed by atoms with Crippen LogP contribution in [0.15, 0.2) is 42.5 Å². The lowest BCUT2D eigenvalue weighted by atomic mass is 9.98. The number of benzene rings is 2. The zero-order chi connectivity index (χ0) is 13.4. The molecule has 2 unspecified atom stereocenters. The molecule has 0 spiro atoms. The van der Waals surface area contributed by atoms with Gasteiger partial charge in [0.15, 0.2) is 0 Å². The highest BCUT2D eigenvalue weighted by Gasteiger charge is 2.20. The van der Waals surface area contributed by atoms with Gasteiger partial charge in [0.05, 0.1) is 0 Å². The summed E-state index contributed by atoms with van der Waals surface area (Å²) in [7, 11) is 0. The second-order valence-corrected chi connectivity index (χ2v) is 4.95. The minimum absolute atomic E-state index is 0.188. The van der Waals surface area contributed by atoms with Crippen molar-refractivity contribution in [1.29, 1.82) is 0 Å². The zero-order valence-corrected chi connectivity index (χ0v) is 10.6. The molecular formula is C16H15FO2. The Labute approximate surface area is 111 Å². The highest BCUT2D eigenvalue weighted by Crippen LogP contribution is 2.32. The van der Waals surface area contributed by atoms with Gasteiger partial charge in [-0.2, -0.15) is 0 Å². The number of ether oxygens (including phenoxy) is 1. The van der Waals surface area contributed by atoms with Gasteiger partial charge in [0.1, 0.15) is 23.8 Å². The number of hydrogen-bond donors (Lipinski definition) is 1. The van der Waals surface area contributed by atoms with Crippen LogP contribution in [0.25, 0.3) is 0 Å². The van der Waals surface area contributed by atoms with Gasteiger partial charge >= 0.3 is 0 Å². The van der Waals surface area contributed by atoms with Crippen LogP contribution in [0.2, 0.25) is 0 Å². The van der Waals surface area contributed by atoms with Crippen LogP contribution in [0.4, 0.5) is 4.39 Å². The number of hydrogen-bond acceptors (Lipinski definition) is 2. The Morgan fingerprint density at radius 3 is 2.58 bits per heavy atom. The SMILES string of the molecule is CC1Cc2cc(C(O)c3ccc(F)cc3)ccc2O1. The van der Waals surface area contributed by atoms with E-state index in [1.807, 2.05) is 25.1 Å². The highest BCUT2D eigenvalue weighted by molar-refractivity contribution is 5.43. The van der Waals surface area contributed by atoms with Crippen molar-refractivity contribution in [3.63, 3.8) is 0 Å². The van der Waals surface area contributed by atoms with Crippen molar-refractivity contribution in [2.45, 2.75) is 25.6 Å². The van der Waals surface area contributed by atoms with Crippen molar-refractivity contribution in [2.75, 3.05) is 0 Å². The summed E-state index contributed by atoms with van der Waals surface area (Å²) in [4.78, 5) is 0. The first-order valence-electron chi connectivity index (χ1n) is 6.36. The third-order valence-corrected chi connectivity index (χ3v) is 3.42. The third-order valence-electron chi connectivity index (χ3n) is 3.42. The molecule has 2 nitrogen and oxygen atoms in total. The van der Waals surface area contributed by atoms with Crippen molar-refractivity contribution < 1.29 is 14.2 Å². The first kappa shape index (κ1) is 12.2. The Morgan fingerprint density at radius 1 is 1.16 bits per heavy atom. The van der Waals surface area contributed by atoms with Crippen molar-refractivity contribution in [1.82, 2.24) is 0 Å². The molecule has 2 aromatic carbocycles. The fraction of sp³-hybridized carbons (Fsp3) is 0.250. The van der Waals surface area contributed by atoms with E-state index < -0.39 is 6.10 Å². The standard InChI is InChI=1S/C16H15FO2/c1-10-8-13-9-12(4-7-15(13)19-10)16(18)11-2-5-14(17)6-3-11/h2-7,9-10,16,18H,8H2,1H3. The molecule has 1 aliphatic heterocycles. The molecule has 1 heterocycles. The van der Waals surface area contributed by atoms with Crippen LogP contribution < -0.4 is 4.74 Å². The molecule has 3 heteroatoms. The van der Waals surface area contributed by atoms with Crippen LogP contribution in [0.5, 0.6) is 5.75 Å². The number of rotatable bonds is 2. The minimum atomic E-state index is -0.734. The molecule has 0 amide bonds. The average Bonchev–Trinajstić information content (AvgIpc) is 2.77. The van der Waals surface area contributed by atoms with E-state index in [1.165, 1.54) is 12.1 Å². The highest BCUT2D eigenvalue weighted by atomic mass is 19.1. The molecule has 0 aliphatic carbocycles. The molecular weight excluding hydrogens is 243 g/mol. The average molecular weight is 258 g/mol. The van der Waals surface area contributed by atoms with Crippen LogP contribution in [0, 0.1) is 5.82 Å². The van der Waals surface area contributed by atoms with Crippen molar-refractivity contribution in [2.24, 2.45) is 0 Å². The Morgan fingerprint density at radius 2 is 1.84 bits per heavy atom. The van der Waals surface area contributed by atoms with Gasteiger partial charge in [0.25, 0.3) is 0 Å². The summed E-state index contributed by atoms with van der Waals surface area (Å²) in [5.74, 6) is 0.592. The van der Waals surface area contributed by atoms with E-state index in [4.69, 9.17) is 4.74 Å². The molecule has 0 fully saturated rings. The normalized spacial score (nSPS) is 18.8. The molecule has 0 bridgehead atoms. The maximum absolute atomic E-state index is 12.9. The smallest absolute Gasteiger partial charge is 0.123 e. The predicted octanol–water partition coefficient (Wildman–Crippen LogP) is 3.23. The summed E-state index contributed by atoms with van der Waals surface area (Å²) in [6.07, 6.45) is 0.314. The fourth-order valence-corrected chi connectivity index (χ4v) is 2.45. The second-order valence-electron chi connectivity index (χ2n) is 4.95. The topological polar surface area (TPSA) is 29.5 Å². The molecule has 0 saturated heterocycles. The summed E-state index contributed by atoms with van der Waals surface area (Å²) in [5.41, 5.74) is 2.61. The molecule has 1 N–H and O–H groups in total. The first-order chi connectivity index (χ1) is 9.13. The van der Waals surface area contributed by atoms with Crippen LogP contribution in [0.3, 0.4) is 0 Å². The maximum atomic E-state index is 12.9. The summed E-state index contributed by atoms with van der Waals surface area (Å²) < 4.78 is 18.5. The number of fused-ring (bicyclic) bond motifs is 1. The van der Waals surface area contributed by atoms with Crippen molar-refractivity contribution in [3.05, 3.63) is 65.0 Å². The van der Waals surface area contributed by atoms with Crippen LogP contribution in [0.1, 0.15) is 29.7 Å². The first-order valence-corrected chi connectivity index (χ1v) is 6.36. The lowest BCUT2D eigenvalue weighted by Gasteiger charge is -2.12. The number of aliphatic hydroxyl groups excluding tert-OH is 1. The lowest BCUT2D eigenvalue weighted by Crippen LogP contribution is -2.05. The van der Waals surface area contributed by atoms with Gasteiger partial charge in [-0.25, -0.2) is 4.39 Å². The fourth-order valence-electron chi connectivity index (χ4n) is 2.45. The Balaban J connectivity index is 1.90. The maximum Gasteiger partial charge on any atom is 0.123 e. The Hall–Kier alpha value is -1.87. The molecule has 2 aromatic rings. The number of halogens is 1. The van der Waals surface area contributed by atoms with E-state index in [9.17, 15) is 9.50 Å². The Kier molecular flexibility index (Phi) is 2.99. The molecule has 98 valence electrons. The van der Waals surface area contributed by atoms with Gasteiger partial charge in [-0.05, 0) is 47.9 Å². The number of aliphatic hydroxyl groups is 1. The largest absolute Gasteiger partial charge is 0.490 e. The molecule has 3 rings (SSSR count). The zero-order valence-electron chi connectivity index (χ0n) is 10.6. The van der Waals surface area contributed by atoms with E-state index in [0.29, 0.717) is 5.56 Å². The Bertz CT molecular complexity index is 592. The van der Waals surface area contributed by atoms with E-state index in [0.717, 1.165) is 23.3 Å². The molecule has 1 aliphatic rings. The monoisotopic (exact) mass is 258 g/mol. The summed E-state index contributed by atoms with van der Waals surface area (Å²) >= 11 is 0.